The molecule has 0 amide bonds. The van der Waals surface area contributed by atoms with Gasteiger partial charge >= 0.3 is 0 Å². The van der Waals surface area contributed by atoms with Crippen LogP contribution in [-0.4, -0.2) is 27.9 Å². The molecule has 2 aromatic heterocycles. The summed E-state index contributed by atoms with van der Waals surface area (Å²) in [5.74, 6) is 0.0371. The monoisotopic (exact) mass is 420 g/mol. The van der Waals surface area contributed by atoms with Crippen molar-refractivity contribution in [1.29, 1.82) is 0 Å². The number of anilines is 1. The van der Waals surface area contributed by atoms with Gasteiger partial charge in [0.2, 0.25) is 5.95 Å². The zero-order valence-electron chi connectivity index (χ0n) is 16.1. The van der Waals surface area contributed by atoms with E-state index >= 15 is 4.39 Å². The molecule has 2 aromatic carbocycles. The third-order valence-corrected chi connectivity index (χ3v) is 5.63. The summed E-state index contributed by atoms with van der Waals surface area (Å²) in [7, 11) is 0. The third kappa shape index (κ3) is 3.33. The molecule has 0 spiro atoms. The standard InChI is InChI=1S/C23H18ClFN4O/c24-16-8-6-15(7-9-16)14-29-23(30)18-5-2-1-4-17(18)21(27-29)19-10-11-20(26-22(19)25)28-12-3-13-28/h1-2,4-11H,3,12-14H2. The van der Waals surface area contributed by atoms with Crippen molar-refractivity contribution in [3.63, 3.8) is 0 Å². The molecule has 7 heteroatoms. The minimum Gasteiger partial charge on any atom is -0.356 e. The highest BCUT2D eigenvalue weighted by Gasteiger charge is 2.20. The fourth-order valence-electron chi connectivity index (χ4n) is 3.63. The van der Waals surface area contributed by atoms with Crippen molar-refractivity contribution in [3.8, 4) is 11.3 Å². The van der Waals surface area contributed by atoms with Gasteiger partial charge in [-0.2, -0.15) is 9.49 Å². The second-order valence-corrected chi connectivity index (χ2v) is 7.77. The summed E-state index contributed by atoms with van der Waals surface area (Å²) in [6.07, 6.45) is 1.09. The molecule has 5 rings (SSSR count). The Kier molecular flexibility index (Phi) is 4.71. The van der Waals surface area contributed by atoms with Gasteiger partial charge in [-0.05, 0) is 42.3 Å². The van der Waals surface area contributed by atoms with Crippen LogP contribution in [0.15, 0.2) is 65.5 Å². The van der Waals surface area contributed by atoms with Gasteiger partial charge in [0.05, 0.1) is 17.5 Å². The van der Waals surface area contributed by atoms with Gasteiger partial charge in [0, 0.05) is 23.5 Å². The van der Waals surface area contributed by atoms with E-state index in [2.05, 4.69) is 10.1 Å². The summed E-state index contributed by atoms with van der Waals surface area (Å²) in [5.41, 5.74) is 1.33. The first-order valence-corrected chi connectivity index (χ1v) is 10.1. The molecular weight excluding hydrogens is 403 g/mol. The summed E-state index contributed by atoms with van der Waals surface area (Å²) in [6.45, 7) is 2.03. The molecule has 1 aliphatic heterocycles. The van der Waals surface area contributed by atoms with E-state index in [-0.39, 0.29) is 17.7 Å². The average molecular weight is 421 g/mol. The van der Waals surface area contributed by atoms with Crippen LogP contribution in [0.2, 0.25) is 5.02 Å². The molecule has 0 saturated carbocycles. The zero-order chi connectivity index (χ0) is 20.7. The Hall–Kier alpha value is -3.25. The number of rotatable bonds is 4. The molecule has 0 unspecified atom stereocenters. The van der Waals surface area contributed by atoms with Crippen LogP contribution in [0.25, 0.3) is 22.0 Å². The van der Waals surface area contributed by atoms with E-state index in [0.717, 1.165) is 25.1 Å². The van der Waals surface area contributed by atoms with Crippen molar-refractivity contribution in [1.82, 2.24) is 14.8 Å². The van der Waals surface area contributed by atoms with Gasteiger partial charge in [-0.3, -0.25) is 4.79 Å². The lowest BCUT2D eigenvalue weighted by atomic mass is 10.1. The maximum Gasteiger partial charge on any atom is 0.274 e. The number of aromatic nitrogens is 3. The Morgan fingerprint density at radius 2 is 1.70 bits per heavy atom. The number of benzene rings is 2. The minimum atomic E-state index is -0.589. The fourth-order valence-corrected chi connectivity index (χ4v) is 3.75. The lowest BCUT2D eigenvalue weighted by Gasteiger charge is -2.32. The molecule has 0 atom stereocenters. The molecule has 0 bridgehead atoms. The highest BCUT2D eigenvalue weighted by molar-refractivity contribution is 6.30. The van der Waals surface area contributed by atoms with Crippen molar-refractivity contribution >= 4 is 28.2 Å². The second kappa shape index (κ2) is 7.54. The molecule has 1 fully saturated rings. The molecule has 0 aliphatic carbocycles. The van der Waals surface area contributed by atoms with Gasteiger partial charge < -0.3 is 4.90 Å². The number of hydrogen-bond donors (Lipinski definition) is 0. The summed E-state index contributed by atoms with van der Waals surface area (Å²) < 4.78 is 16.4. The summed E-state index contributed by atoms with van der Waals surface area (Å²) in [4.78, 5) is 19.2. The third-order valence-electron chi connectivity index (χ3n) is 5.38. The summed E-state index contributed by atoms with van der Waals surface area (Å²) in [6, 6.07) is 17.9. The van der Waals surface area contributed by atoms with Crippen LogP contribution in [0.1, 0.15) is 12.0 Å². The summed E-state index contributed by atoms with van der Waals surface area (Å²) in [5, 5.41) is 6.25. The fraction of sp³-hybridized carbons (Fsp3) is 0.174. The van der Waals surface area contributed by atoms with Crippen LogP contribution in [-0.2, 0) is 6.54 Å². The quantitative estimate of drug-likeness (QED) is 0.456. The van der Waals surface area contributed by atoms with Crippen molar-refractivity contribution in [2.75, 3.05) is 18.0 Å². The van der Waals surface area contributed by atoms with Crippen LogP contribution >= 0.6 is 11.6 Å². The van der Waals surface area contributed by atoms with Crippen LogP contribution in [0.3, 0.4) is 0 Å². The van der Waals surface area contributed by atoms with Crippen molar-refractivity contribution in [2.24, 2.45) is 0 Å². The molecule has 0 N–H and O–H groups in total. The van der Waals surface area contributed by atoms with Gasteiger partial charge in [0.25, 0.3) is 5.56 Å². The Balaban J connectivity index is 1.65. The van der Waals surface area contributed by atoms with Crippen molar-refractivity contribution in [3.05, 3.63) is 87.6 Å². The lowest BCUT2D eigenvalue weighted by molar-refractivity contribution is 0.564. The molecule has 0 radical (unpaired) electrons. The van der Waals surface area contributed by atoms with Crippen LogP contribution in [0, 0.1) is 5.95 Å². The molecule has 30 heavy (non-hydrogen) atoms. The number of pyridine rings is 1. The lowest BCUT2D eigenvalue weighted by Crippen LogP contribution is -2.37. The first-order valence-electron chi connectivity index (χ1n) is 9.76. The van der Waals surface area contributed by atoms with Crippen LogP contribution in [0.5, 0.6) is 0 Å². The van der Waals surface area contributed by atoms with Gasteiger partial charge in [0.15, 0.2) is 0 Å². The Bertz CT molecular complexity index is 1300. The topological polar surface area (TPSA) is 51.0 Å². The number of halogens is 2. The van der Waals surface area contributed by atoms with E-state index in [4.69, 9.17) is 11.6 Å². The van der Waals surface area contributed by atoms with E-state index in [1.165, 1.54) is 4.68 Å². The zero-order valence-corrected chi connectivity index (χ0v) is 16.8. The second-order valence-electron chi connectivity index (χ2n) is 7.33. The van der Waals surface area contributed by atoms with Crippen LogP contribution in [0.4, 0.5) is 10.2 Å². The normalized spacial score (nSPS) is 13.5. The predicted octanol–water partition coefficient (Wildman–Crippen LogP) is 4.51. The largest absolute Gasteiger partial charge is 0.356 e. The number of nitrogens with zero attached hydrogens (tertiary/aromatic N) is 4. The predicted molar refractivity (Wildman–Crippen MR) is 117 cm³/mol. The number of hydrogen-bond acceptors (Lipinski definition) is 4. The Morgan fingerprint density at radius 3 is 2.37 bits per heavy atom. The van der Waals surface area contributed by atoms with E-state index in [1.54, 1.807) is 36.4 Å². The van der Waals surface area contributed by atoms with E-state index < -0.39 is 5.95 Å². The van der Waals surface area contributed by atoms with Crippen molar-refractivity contribution < 1.29 is 4.39 Å². The summed E-state index contributed by atoms with van der Waals surface area (Å²) >= 11 is 5.96. The van der Waals surface area contributed by atoms with Gasteiger partial charge in [-0.15, -0.1) is 0 Å². The smallest absolute Gasteiger partial charge is 0.274 e. The van der Waals surface area contributed by atoms with E-state index in [0.29, 0.717) is 27.3 Å². The Morgan fingerprint density at radius 1 is 0.967 bits per heavy atom. The first kappa shape index (κ1) is 18.8. The molecule has 1 saturated heterocycles. The highest BCUT2D eigenvalue weighted by Crippen LogP contribution is 2.29. The molecular formula is C23H18ClFN4O. The van der Waals surface area contributed by atoms with Crippen LogP contribution < -0.4 is 10.5 Å². The minimum absolute atomic E-state index is 0.227. The number of fused-ring (bicyclic) bond motifs is 1. The Labute approximate surface area is 177 Å². The average Bonchev–Trinajstić information content (AvgIpc) is 2.71. The molecule has 5 nitrogen and oxygen atoms in total. The molecule has 1 aliphatic rings. The van der Waals surface area contributed by atoms with Crippen molar-refractivity contribution in [2.45, 2.75) is 13.0 Å². The maximum absolute atomic E-state index is 15.0. The SMILES string of the molecule is O=c1c2ccccc2c(-c2ccc(N3CCC3)nc2F)nn1Cc1ccc(Cl)cc1. The maximum atomic E-state index is 15.0. The highest BCUT2D eigenvalue weighted by atomic mass is 35.5. The van der Waals surface area contributed by atoms with Gasteiger partial charge in [0.1, 0.15) is 11.5 Å². The van der Waals surface area contributed by atoms with E-state index in [9.17, 15) is 4.79 Å². The molecule has 4 aromatic rings. The molecule has 150 valence electrons. The first-order chi connectivity index (χ1) is 14.6. The van der Waals surface area contributed by atoms with Gasteiger partial charge in [-0.25, -0.2) is 9.67 Å². The van der Waals surface area contributed by atoms with E-state index in [1.807, 2.05) is 29.2 Å². The van der Waals surface area contributed by atoms with Gasteiger partial charge in [-0.1, -0.05) is 41.9 Å². The molecule has 3 heterocycles.